The van der Waals surface area contributed by atoms with Gasteiger partial charge in [0.15, 0.2) is 0 Å². The number of carbonyl (C=O) groups excluding carboxylic acids is 1. The molecule has 1 rings (SSSR count). The van der Waals surface area contributed by atoms with Crippen molar-refractivity contribution < 1.29 is 9.90 Å². The van der Waals surface area contributed by atoms with Gasteiger partial charge in [-0.2, -0.15) is 0 Å². The lowest BCUT2D eigenvalue weighted by Crippen LogP contribution is -2.15. The van der Waals surface area contributed by atoms with E-state index in [1.807, 2.05) is 19.1 Å². The van der Waals surface area contributed by atoms with E-state index >= 15 is 0 Å². The highest BCUT2D eigenvalue weighted by molar-refractivity contribution is 9.10. The number of hydrogen-bond acceptors (Lipinski definition) is 2. The normalized spacial score (nSPS) is 9.77. The summed E-state index contributed by atoms with van der Waals surface area (Å²) in [4.78, 5) is 10.8. The lowest BCUT2D eigenvalue weighted by atomic mass is 10.2. The Morgan fingerprint density at radius 3 is 2.85 bits per heavy atom. The Labute approximate surface area is 84.9 Å². The average molecular weight is 244 g/mol. The van der Waals surface area contributed by atoms with Crippen LogP contribution in [0.1, 0.15) is 5.56 Å². The number of halogens is 1. The highest BCUT2D eigenvalue weighted by Crippen LogP contribution is 2.19. The second-order valence-electron chi connectivity index (χ2n) is 2.67. The van der Waals surface area contributed by atoms with Gasteiger partial charge in [0.05, 0.1) is 0 Å². The SMILES string of the molecule is Cc1cc(NC(=O)CO)ccc1Br. The molecule has 1 amide bonds. The molecule has 0 aliphatic carbocycles. The topological polar surface area (TPSA) is 49.3 Å². The molecule has 2 N–H and O–H groups in total. The van der Waals surface area contributed by atoms with Crippen molar-refractivity contribution in [3.8, 4) is 0 Å². The summed E-state index contributed by atoms with van der Waals surface area (Å²) in [5.74, 6) is -0.401. The van der Waals surface area contributed by atoms with Crippen LogP contribution in [0.15, 0.2) is 22.7 Å². The zero-order chi connectivity index (χ0) is 9.84. The summed E-state index contributed by atoms with van der Waals surface area (Å²) in [6.07, 6.45) is 0. The lowest BCUT2D eigenvalue weighted by Gasteiger charge is -2.04. The van der Waals surface area contributed by atoms with Gasteiger partial charge in [-0.15, -0.1) is 0 Å². The van der Waals surface area contributed by atoms with Crippen molar-refractivity contribution in [2.24, 2.45) is 0 Å². The Hall–Kier alpha value is -0.870. The minimum Gasteiger partial charge on any atom is -0.387 e. The molecule has 13 heavy (non-hydrogen) atoms. The van der Waals surface area contributed by atoms with Gasteiger partial charge >= 0.3 is 0 Å². The fourth-order valence-corrected chi connectivity index (χ4v) is 1.17. The van der Waals surface area contributed by atoms with E-state index in [1.165, 1.54) is 0 Å². The average Bonchev–Trinajstić information content (AvgIpc) is 2.11. The number of nitrogens with one attached hydrogen (secondary N) is 1. The molecule has 0 saturated carbocycles. The van der Waals surface area contributed by atoms with E-state index in [1.54, 1.807) is 6.07 Å². The maximum atomic E-state index is 10.8. The van der Waals surface area contributed by atoms with Crippen molar-refractivity contribution in [2.45, 2.75) is 6.92 Å². The third kappa shape index (κ3) is 2.82. The molecule has 0 bridgehead atoms. The number of anilines is 1. The fourth-order valence-electron chi connectivity index (χ4n) is 0.923. The maximum absolute atomic E-state index is 10.8. The van der Waals surface area contributed by atoms with Crippen molar-refractivity contribution in [2.75, 3.05) is 11.9 Å². The number of hydrogen-bond donors (Lipinski definition) is 2. The summed E-state index contributed by atoms with van der Waals surface area (Å²) < 4.78 is 0.995. The molecular formula is C9H10BrNO2. The molecular weight excluding hydrogens is 234 g/mol. The second kappa shape index (κ2) is 4.39. The maximum Gasteiger partial charge on any atom is 0.250 e. The van der Waals surface area contributed by atoms with Gasteiger partial charge in [-0.05, 0) is 30.7 Å². The van der Waals surface area contributed by atoms with E-state index in [0.717, 1.165) is 10.0 Å². The highest BCUT2D eigenvalue weighted by Gasteiger charge is 2.00. The largest absolute Gasteiger partial charge is 0.387 e. The summed E-state index contributed by atoms with van der Waals surface area (Å²) >= 11 is 3.35. The van der Waals surface area contributed by atoms with E-state index in [9.17, 15) is 4.79 Å². The monoisotopic (exact) mass is 243 g/mol. The molecule has 0 radical (unpaired) electrons. The summed E-state index contributed by atoms with van der Waals surface area (Å²) in [6.45, 7) is 1.44. The molecule has 0 fully saturated rings. The number of carbonyl (C=O) groups is 1. The number of aryl methyl sites for hydroxylation is 1. The Morgan fingerprint density at radius 1 is 1.62 bits per heavy atom. The third-order valence-electron chi connectivity index (χ3n) is 1.59. The molecule has 0 aliphatic rings. The predicted molar refractivity (Wildman–Crippen MR) is 54.6 cm³/mol. The van der Waals surface area contributed by atoms with Crippen LogP contribution in [0.25, 0.3) is 0 Å². The van der Waals surface area contributed by atoms with E-state index in [0.29, 0.717) is 5.69 Å². The Kier molecular flexibility index (Phi) is 3.45. The quantitative estimate of drug-likeness (QED) is 0.831. The van der Waals surface area contributed by atoms with E-state index in [2.05, 4.69) is 21.2 Å². The molecule has 0 heterocycles. The van der Waals surface area contributed by atoms with Crippen molar-refractivity contribution in [3.05, 3.63) is 28.2 Å². The number of amides is 1. The number of aliphatic hydroxyl groups is 1. The van der Waals surface area contributed by atoms with Gasteiger partial charge in [-0.1, -0.05) is 15.9 Å². The van der Waals surface area contributed by atoms with Crippen molar-refractivity contribution in [1.82, 2.24) is 0 Å². The van der Waals surface area contributed by atoms with Crippen LogP contribution in [0.2, 0.25) is 0 Å². The molecule has 3 nitrogen and oxygen atoms in total. The van der Waals surface area contributed by atoms with Crippen LogP contribution in [0.3, 0.4) is 0 Å². The van der Waals surface area contributed by atoms with Crippen molar-refractivity contribution in [1.29, 1.82) is 0 Å². The molecule has 4 heteroatoms. The number of benzene rings is 1. The standard InChI is InChI=1S/C9H10BrNO2/c1-6-4-7(2-3-8(6)10)11-9(13)5-12/h2-4,12H,5H2,1H3,(H,11,13). The molecule has 0 aromatic heterocycles. The van der Waals surface area contributed by atoms with Crippen molar-refractivity contribution >= 4 is 27.5 Å². The zero-order valence-electron chi connectivity index (χ0n) is 7.17. The summed E-state index contributed by atoms with van der Waals surface area (Å²) in [5, 5.41) is 11.0. The van der Waals surface area contributed by atoms with Gasteiger partial charge in [0, 0.05) is 10.2 Å². The summed E-state index contributed by atoms with van der Waals surface area (Å²) in [7, 11) is 0. The highest BCUT2D eigenvalue weighted by atomic mass is 79.9. The van der Waals surface area contributed by atoms with Gasteiger partial charge in [0.25, 0.3) is 0 Å². The second-order valence-corrected chi connectivity index (χ2v) is 3.52. The molecule has 1 aromatic carbocycles. The first-order valence-corrected chi connectivity index (χ1v) is 4.59. The molecule has 0 saturated heterocycles. The molecule has 0 unspecified atom stereocenters. The van der Waals surface area contributed by atoms with Gasteiger partial charge in [0.1, 0.15) is 6.61 Å². The van der Waals surface area contributed by atoms with Gasteiger partial charge in [0.2, 0.25) is 5.91 Å². The van der Waals surface area contributed by atoms with Crippen LogP contribution >= 0.6 is 15.9 Å². The van der Waals surface area contributed by atoms with Crippen LogP contribution in [-0.4, -0.2) is 17.6 Å². The van der Waals surface area contributed by atoms with Crippen LogP contribution in [-0.2, 0) is 4.79 Å². The van der Waals surface area contributed by atoms with E-state index in [-0.39, 0.29) is 0 Å². The molecule has 0 spiro atoms. The molecule has 70 valence electrons. The van der Waals surface area contributed by atoms with Gasteiger partial charge in [-0.3, -0.25) is 4.79 Å². The van der Waals surface area contributed by atoms with Gasteiger partial charge < -0.3 is 10.4 Å². The Morgan fingerprint density at radius 2 is 2.31 bits per heavy atom. The summed E-state index contributed by atoms with van der Waals surface area (Å²) in [6, 6.07) is 5.45. The van der Waals surface area contributed by atoms with E-state index in [4.69, 9.17) is 5.11 Å². The third-order valence-corrected chi connectivity index (χ3v) is 2.48. The predicted octanol–water partition coefficient (Wildman–Crippen LogP) is 1.69. The Bertz CT molecular complexity index is 325. The van der Waals surface area contributed by atoms with Crippen LogP contribution in [0.4, 0.5) is 5.69 Å². The number of aliphatic hydroxyl groups excluding tert-OH is 1. The van der Waals surface area contributed by atoms with Gasteiger partial charge in [-0.25, -0.2) is 0 Å². The van der Waals surface area contributed by atoms with Crippen LogP contribution < -0.4 is 5.32 Å². The molecule has 0 aliphatic heterocycles. The first-order chi connectivity index (χ1) is 6.13. The van der Waals surface area contributed by atoms with Crippen molar-refractivity contribution in [3.63, 3.8) is 0 Å². The first-order valence-electron chi connectivity index (χ1n) is 3.80. The van der Waals surface area contributed by atoms with Crippen LogP contribution in [0, 0.1) is 6.92 Å². The number of rotatable bonds is 2. The van der Waals surface area contributed by atoms with E-state index < -0.39 is 12.5 Å². The fraction of sp³-hybridized carbons (Fsp3) is 0.222. The Balaban J connectivity index is 2.79. The zero-order valence-corrected chi connectivity index (χ0v) is 8.76. The minimum atomic E-state index is -0.491. The molecule has 1 aromatic rings. The lowest BCUT2D eigenvalue weighted by molar-refractivity contribution is -0.118. The summed E-state index contributed by atoms with van der Waals surface area (Å²) in [5.41, 5.74) is 1.73. The first kappa shape index (κ1) is 10.2. The minimum absolute atomic E-state index is 0.401. The molecule has 0 atom stereocenters. The van der Waals surface area contributed by atoms with Crippen LogP contribution in [0.5, 0.6) is 0 Å². The smallest absolute Gasteiger partial charge is 0.250 e.